The summed E-state index contributed by atoms with van der Waals surface area (Å²) in [5.74, 6) is -0.133. The molecule has 1 amide bonds. The predicted molar refractivity (Wildman–Crippen MR) is 89.9 cm³/mol. The first-order valence-corrected chi connectivity index (χ1v) is 7.87. The molecule has 0 radical (unpaired) electrons. The lowest BCUT2D eigenvalue weighted by atomic mass is 10.0. The minimum atomic E-state index is -4.44. The van der Waals surface area contributed by atoms with Gasteiger partial charge in [-0.2, -0.15) is 13.2 Å². The fourth-order valence-corrected chi connectivity index (χ4v) is 2.29. The molecular formula is C19H18F3NO3. The second kappa shape index (κ2) is 8.03. The number of halogens is 3. The fraction of sp³-hybridized carbons (Fsp3) is 0.263. The standard InChI is InChI=1S/C19H18F3NO3/c1-12(15-4-3-5-16(10-15)19(20,21)22)23-18(25)11-26-17-8-6-14(7-9-17)13(2)24/h3-10,12H,11H2,1-2H3,(H,23,25). The third kappa shape index (κ3) is 5.34. The van der Waals surface area contributed by atoms with Crippen LogP contribution >= 0.6 is 0 Å². The van der Waals surface area contributed by atoms with Crippen molar-refractivity contribution in [2.45, 2.75) is 26.1 Å². The van der Waals surface area contributed by atoms with Crippen molar-refractivity contribution in [2.75, 3.05) is 6.61 Å². The molecular weight excluding hydrogens is 347 g/mol. The number of amides is 1. The SMILES string of the molecule is CC(=O)c1ccc(OCC(=O)NC(C)c2cccc(C(F)(F)F)c2)cc1. The van der Waals surface area contributed by atoms with Crippen LogP contribution < -0.4 is 10.1 Å². The summed E-state index contributed by atoms with van der Waals surface area (Å²) in [7, 11) is 0. The number of hydrogen-bond donors (Lipinski definition) is 1. The van der Waals surface area contributed by atoms with Crippen LogP contribution in [0, 0.1) is 0 Å². The number of nitrogens with one attached hydrogen (secondary N) is 1. The maximum Gasteiger partial charge on any atom is 0.416 e. The smallest absolute Gasteiger partial charge is 0.416 e. The van der Waals surface area contributed by atoms with E-state index in [1.165, 1.54) is 19.1 Å². The summed E-state index contributed by atoms with van der Waals surface area (Å²) in [5.41, 5.74) is 0.108. The van der Waals surface area contributed by atoms with Gasteiger partial charge in [-0.1, -0.05) is 12.1 Å². The number of ether oxygens (including phenoxy) is 1. The van der Waals surface area contributed by atoms with Gasteiger partial charge in [0.25, 0.3) is 5.91 Å². The zero-order chi connectivity index (χ0) is 19.3. The maximum absolute atomic E-state index is 12.8. The Balaban J connectivity index is 1.92. The molecule has 0 aliphatic heterocycles. The predicted octanol–water partition coefficient (Wildman–Crippen LogP) is 4.16. The summed E-state index contributed by atoms with van der Waals surface area (Å²) in [6, 6.07) is 10.5. The van der Waals surface area contributed by atoms with E-state index in [-0.39, 0.29) is 12.4 Å². The number of benzene rings is 2. The zero-order valence-corrected chi connectivity index (χ0v) is 14.3. The highest BCUT2D eigenvalue weighted by Gasteiger charge is 2.30. The van der Waals surface area contributed by atoms with Crippen molar-refractivity contribution in [3.05, 3.63) is 65.2 Å². The largest absolute Gasteiger partial charge is 0.484 e. The van der Waals surface area contributed by atoms with E-state index in [4.69, 9.17) is 4.74 Å². The van der Waals surface area contributed by atoms with Crippen molar-refractivity contribution in [1.29, 1.82) is 0 Å². The van der Waals surface area contributed by atoms with Gasteiger partial charge in [0, 0.05) is 5.56 Å². The van der Waals surface area contributed by atoms with Crippen molar-refractivity contribution < 1.29 is 27.5 Å². The second-order valence-electron chi connectivity index (χ2n) is 5.78. The summed E-state index contributed by atoms with van der Waals surface area (Å²) in [6.45, 7) is 2.75. The van der Waals surface area contributed by atoms with Crippen molar-refractivity contribution in [1.82, 2.24) is 5.32 Å². The molecule has 0 heterocycles. The fourth-order valence-electron chi connectivity index (χ4n) is 2.29. The van der Waals surface area contributed by atoms with Gasteiger partial charge in [0.15, 0.2) is 12.4 Å². The first-order chi connectivity index (χ1) is 12.2. The van der Waals surface area contributed by atoms with E-state index in [1.807, 2.05) is 0 Å². The van der Waals surface area contributed by atoms with Crippen LogP contribution in [0.3, 0.4) is 0 Å². The van der Waals surface area contributed by atoms with Crippen LogP contribution in [-0.4, -0.2) is 18.3 Å². The van der Waals surface area contributed by atoms with Gasteiger partial charge in [0.05, 0.1) is 11.6 Å². The third-order valence-electron chi connectivity index (χ3n) is 3.72. The summed E-state index contributed by atoms with van der Waals surface area (Å²) in [4.78, 5) is 23.1. The first kappa shape index (κ1) is 19.5. The summed E-state index contributed by atoms with van der Waals surface area (Å²) >= 11 is 0. The van der Waals surface area contributed by atoms with Gasteiger partial charge in [0.2, 0.25) is 0 Å². The van der Waals surface area contributed by atoms with Crippen molar-refractivity contribution in [3.8, 4) is 5.75 Å². The van der Waals surface area contributed by atoms with Crippen LogP contribution in [-0.2, 0) is 11.0 Å². The quantitative estimate of drug-likeness (QED) is 0.782. The molecule has 0 fully saturated rings. The summed E-state index contributed by atoms with van der Waals surface area (Å²) in [6.07, 6.45) is -4.44. The minimum absolute atomic E-state index is 0.0794. The summed E-state index contributed by atoms with van der Waals surface area (Å²) in [5, 5.41) is 2.59. The third-order valence-corrected chi connectivity index (χ3v) is 3.72. The first-order valence-electron chi connectivity index (χ1n) is 7.87. The molecule has 1 N–H and O–H groups in total. The lowest BCUT2D eigenvalue weighted by Gasteiger charge is -2.16. The normalized spacial score (nSPS) is 12.3. The van der Waals surface area contributed by atoms with E-state index in [2.05, 4.69) is 5.32 Å². The van der Waals surface area contributed by atoms with Crippen molar-refractivity contribution in [2.24, 2.45) is 0 Å². The van der Waals surface area contributed by atoms with Crippen LogP contribution in [0.2, 0.25) is 0 Å². The van der Waals surface area contributed by atoms with E-state index in [0.717, 1.165) is 12.1 Å². The van der Waals surface area contributed by atoms with Crippen LogP contribution in [0.15, 0.2) is 48.5 Å². The molecule has 0 aromatic heterocycles. The molecule has 0 bridgehead atoms. The Bertz CT molecular complexity index is 785. The molecule has 2 aromatic carbocycles. The Labute approximate surface area is 149 Å². The zero-order valence-electron chi connectivity index (χ0n) is 14.3. The van der Waals surface area contributed by atoms with Gasteiger partial charge in [-0.15, -0.1) is 0 Å². The molecule has 0 aliphatic carbocycles. The Morgan fingerprint density at radius 2 is 1.77 bits per heavy atom. The molecule has 4 nitrogen and oxygen atoms in total. The number of hydrogen-bond acceptors (Lipinski definition) is 3. The van der Waals surface area contributed by atoms with Crippen LogP contribution in [0.25, 0.3) is 0 Å². The average Bonchev–Trinajstić information content (AvgIpc) is 2.59. The van der Waals surface area contributed by atoms with E-state index in [1.54, 1.807) is 31.2 Å². The van der Waals surface area contributed by atoms with Crippen molar-refractivity contribution >= 4 is 11.7 Å². The molecule has 7 heteroatoms. The molecule has 1 unspecified atom stereocenters. The van der Waals surface area contributed by atoms with E-state index < -0.39 is 23.7 Å². The van der Waals surface area contributed by atoms with Gasteiger partial charge < -0.3 is 10.1 Å². The topological polar surface area (TPSA) is 55.4 Å². The van der Waals surface area contributed by atoms with Crippen LogP contribution in [0.4, 0.5) is 13.2 Å². The Hall–Kier alpha value is -2.83. The van der Waals surface area contributed by atoms with E-state index >= 15 is 0 Å². The highest BCUT2D eigenvalue weighted by molar-refractivity contribution is 5.94. The molecule has 2 rings (SSSR count). The molecule has 1 atom stereocenters. The van der Waals surface area contributed by atoms with Gasteiger partial charge in [0.1, 0.15) is 5.75 Å². The molecule has 0 saturated carbocycles. The molecule has 0 aliphatic rings. The van der Waals surface area contributed by atoms with Gasteiger partial charge in [-0.3, -0.25) is 9.59 Å². The van der Waals surface area contributed by atoms with Crippen LogP contribution in [0.1, 0.15) is 41.4 Å². The maximum atomic E-state index is 12.8. The summed E-state index contributed by atoms with van der Waals surface area (Å²) < 4.78 is 43.6. The monoisotopic (exact) mass is 365 g/mol. The number of Topliss-reactive ketones (excluding diaryl/α,β-unsaturated/α-hetero) is 1. The van der Waals surface area contributed by atoms with Gasteiger partial charge in [-0.25, -0.2) is 0 Å². The molecule has 0 saturated heterocycles. The van der Waals surface area contributed by atoms with Crippen LogP contribution in [0.5, 0.6) is 5.75 Å². The number of rotatable bonds is 6. The highest BCUT2D eigenvalue weighted by atomic mass is 19.4. The number of alkyl halides is 3. The Morgan fingerprint density at radius 1 is 1.12 bits per heavy atom. The highest BCUT2D eigenvalue weighted by Crippen LogP contribution is 2.30. The number of ketones is 1. The molecule has 138 valence electrons. The lowest BCUT2D eigenvalue weighted by molar-refractivity contribution is -0.137. The minimum Gasteiger partial charge on any atom is -0.484 e. The molecule has 0 spiro atoms. The second-order valence-corrected chi connectivity index (χ2v) is 5.78. The van der Waals surface area contributed by atoms with Gasteiger partial charge >= 0.3 is 6.18 Å². The van der Waals surface area contributed by atoms with Crippen molar-refractivity contribution in [3.63, 3.8) is 0 Å². The number of carbonyl (C=O) groups is 2. The number of carbonyl (C=O) groups excluding carboxylic acids is 2. The van der Waals surface area contributed by atoms with E-state index in [0.29, 0.717) is 16.9 Å². The molecule has 26 heavy (non-hydrogen) atoms. The Morgan fingerprint density at radius 3 is 2.35 bits per heavy atom. The Kier molecular flexibility index (Phi) is 6.02. The lowest BCUT2D eigenvalue weighted by Crippen LogP contribution is -2.31. The van der Waals surface area contributed by atoms with Gasteiger partial charge in [-0.05, 0) is 55.8 Å². The average molecular weight is 365 g/mol. The molecule has 2 aromatic rings. The van der Waals surface area contributed by atoms with E-state index in [9.17, 15) is 22.8 Å².